The highest BCUT2D eigenvalue weighted by Crippen LogP contribution is 2.25. The van der Waals surface area contributed by atoms with Crippen LogP contribution in [0.5, 0.6) is 0 Å². The van der Waals surface area contributed by atoms with Crippen LogP contribution in [0, 0.1) is 0 Å². The summed E-state index contributed by atoms with van der Waals surface area (Å²) < 4.78 is 23.6. The Balaban J connectivity index is 1.64. The minimum atomic E-state index is -2.99. The summed E-state index contributed by atoms with van der Waals surface area (Å²) in [5.41, 5.74) is 0.830. The van der Waals surface area contributed by atoms with Crippen LogP contribution in [0.3, 0.4) is 0 Å². The summed E-state index contributed by atoms with van der Waals surface area (Å²) in [6.07, 6.45) is 0.468. The van der Waals surface area contributed by atoms with Crippen molar-refractivity contribution >= 4 is 42.6 Å². The number of para-hydroxylation sites is 1. The molecule has 106 valence electrons. The lowest BCUT2D eigenvalue weighted by atomic mass is 10.3. The molecule has 1 saturated heterocycles. The largest absolute Gasteiger partial charge is 0.334 e. The molecule has 0 bridgehead atoms. The Morgan fingerprint density at radius 2 is 2.15 bits per heavy atom. The van der Waals surface area contributed by atoms with Gasteiger partial charge in [-0.3, -0.25) is 5.32 Å². The van der Waals surface area contributed by atoms with Gasteiger partial charge in [0.25, 0.3) is 0 Å². The second kappa shape index (κ2) is 5.02. The van der Waals surface area contributed by atoms with Gasteiger partial charge in [0.2, 0.25) is 0 Å². The number of rotatable bonds is 2. The zero-order valence-electron chi connectivity index (χ0n) is 10.5. The van der Waals surface area contributed by atoms with Crippen molar-refractivity contribution in [1.29, 1.82) is 0 Å². The highest BCUT2D eigenvalue weighted by molar-refractivity contribution is 7.91. The van der Waals surface area contributed by atoms with E-state index in [9.17, 15) is 13.2 Å². The number of nitrogens with one attached hydrogen (secondary N) is 2. The minimum Gasteiger partial charge on any atom is -0.334 e. The van der Waals surface area contributed by atoms with Crippen molar-refractivity contribution in [2.75, 3.05) is 16.8 Å². The number of carbonyl (C=O) groups is 1. The Morgan fingerprint density at radius 3 is 2.85 bits per heavy atom. The zero-order chi connectivity index (χ0) is 14.2. The summed E-state index contributed by atoms with van der Waals surface area (Å²) in [6.45, 7) is 0. The molecule has 1 aromatic carbocycles. The lowest BCUT2D eigenvalue weighted by molar-refractivity contribution is 0.249. The number of nitrogens with zero attached hydrogens (tertiary/aromatic N) is 1. The molecule has 20 heavy (non-hydrogen) atoms. The van der Waals surface area contributed by atoms with Crippen LogP contribution in [0.15, 0.2) is 24.3 Å². The van der Waals surface area contributed by atoms with Crippen molar-refractivity contribution in [2.45, 2.75) is 12.5 Å². The van der Waals surface area contributed by atoms with Crippen molar-refractivity contribution in [2.24, 2.45) is 0 Å². The molecule has 0 aliphatic carbocycles. The van der Waals surface area contributed by atoms with E-state index in [1.807, 2.05) is 24.3 Å². The van der Waals surface area contributed by atoms with Gasteiger partial charge in [0, 0.05) is 6.04 Å². The van der Waals surface area contributed by atoms with Gasteiger partial charge in [-0.15, -0.1) is 0 Å². The number of aromatic nitrogens is 1. The van der Waals surface area contributed by atoms with Crippen LogP contribution in [0.1, 0.15) is 6.42 Å². The molecule has 3 rings (SSSR count). The number of anilines is 1. The number of carbonyl (C=O) groups excluding carboxylic acids is 1. The van der Waals surface area contributed by atoms with E-state index < -0.39 is 15.9 Å². The second-order valence-corrected chi connectivity index (χ2v) is 7.94. The summed E-state index contributed by atoms with van der Waals surface area (Å²) in [5.74, 6) is 0.152. The third-order valence-electron chi connectivity index (χ3n) is 3.08. The molecule has 2 amide bonds. The van der Waals surface area contributed by atoms with Crippen molar-refractivity contribution < 1.29 is 13.2 Å². The van der Waals surface area contributed by atoms with Crippen LogP contribution in [-0.4, -0.2) is 37.0 Å². The fourth-order valence-corrected chi connectivity index (χ4v) is 4.69. The van der Waals surface area contributed by atoms with E-state index in [-0.39, 0.29) is 17.5 Å². The Kier molecular flexibility index (Phi) is 3.35. The van der Waals surface area contributed by atoms with Crippen molar-refractivity contribution in [3.8, 4) is 0 Å². The normalized spacial score (nSPS) is 20.9. The molecule has 1 atom stereocenters. The molecule has 0 spiro atoms. The van der Waals surface area contributed by atoms with Gasteiger partial charge in [-0.25, -0.2) is 18.2 Å². The summed E-state index contributed by atoms with van der Waals surface area (Å²) in [6, 6.07) is 6.88. The first kappa shape index (κ1) is 13.3. The molecule has 6 nitrogen and oxygen atoms in total. The Morgan fingerprint density at radius 1 is 1.35 bits per heavy atom. The molecule has 0 saturated carbocycles. The molecular weight excluding hydrogens is 298 g/mol. The molecule has 2 N–H and O–H groups in total. The molecule has 1 aliphatic heterocycles. The minimum absolute atomic E-state index is 0.0142. The van der Waals surface area contributed by atoms with Crippen LogP contribution >= 0.6 is 11.3 Å². The Labute approximate surface area is 120 Å². The second-order valence-electron chi connectivity index (χ2n) is 4.69. The van der Waals surface area contributed by atoms with Gasteiger partial charge < -0.3 is 5.32 Å². The van der Waals surface area contributed by atoms with Crippen molar-refractivity contribution in [1.82, 2.24) is 10.3 Å². The van der Waals surface area contributed by atoms with Crippen molar-refractivity contribution in [3.05, 3.63) is 24.3 Å². The zero-order valence-corrected chi connectivity index (χ0v) is 12.1. The maximum atomic E-state index is 11.8. The van der Waals surface area contributed by atoms with E-state index in [4.69, 9.17) is 0 Å². The Bertz CT molecular complexity index is 721. The third-order valence-corrected chi connectivity index (χ3v) is 5.80. The standard InChI is InChI=1S/C12H13N3O3S2/c16-11(13-8-5-6-20(17,18)7-8)15-12-14-9-3-1-2-4-10(9)19-12/h1-4,8H,5-7H2,(H2,13,14,15,16)/t8-/m0/s1. The van der Waals surface area contributed by atoms with E-state index in [1.54, 1.807) is 0 Å². The van der Waals surface area contributed by atoms with E-state index in [1.165, 1.54) is 11.3 Å². The third kappa shape index (κ3) is 2.91. The average molecular weight is 311 g/mol. The van der Waals surface area contributed by atoms with Crippen LogP contribution in [-0.2, 0) is 9.84 Å². The number of hydrogen-bond acceptors (Lipinski definition) is 5. The molecule has 8 heteroatoms. The van der Waals surface area contributed by atoms with E-state index in [2.05, 4.69) is 15.6 Å². The number of hydrogen-bond donors (Lipinski definition) is 2. The van der Waals surface area contributed by atoms with Gasteiger partial charge in [-0.1, -0.05) is 23.5 Å². The molecule has 0 unspecified atom stereocenters. The van der Waals surface area contributed by atoms with Crippen LogP contribution in [0.25, 0.3) is 10.2 Å². The first-order valence-corrected chi connectivity index (χ1v) is 8.79. The maximum Gasteiger partial charge on any atom is 0.321 e. The lowest BCUT2D eigenvalue weighted by Gasteiger charge is -2.10. The van der Waals surface area contributed by atoms with Crippen molar-refractivity contribution in [3.63, 3.8) is 0 Å². The highest BCUT2D eigenvalue weighted by Gasteiger charge is 2.29. The number of benzene rings is 1. The molecule has 2 heterocycles. The van der Waals surface area contributed by atoms with E-state index in [0.29, 0.717) is 11.6 Å². The predicted octanol–water partition coefficient (Wildman–Crippen LogP) is 1.60. The summed E-state index contributed by atoms with van der Waals surface area (Å²) in [7, 11) is -2.99. The fourth-order valence-electron chi connectivity index (χ4n) is 2.15. The Hall–Kier alpha value is -1.67. The monoisotopic (exact) mass is 311 g/mol. The smallest absolute Gasteiger partial charge is 0.321 e. The number of fused-ring (bicyclic) bond motifs is 1. The molecule has 1 aromatic heterocycles. The summed E-state index contributed by atoms with van der Waals surface area (Å²) in [5, 5.41) is 5.82. The van der Waals surface area contributed by atoms with E-state index in [0.717, 1.165) is 10.2 Å². The van der Waals surface area contributed by atoms with Gasteiger partial charge >= 0.3 is 6.03 Å². The van der Waals surface area contributed by atoms with Gasteiger partial charge in [-0.05, 0) is 18.6 Å². The highest BCUT2D eigenvalue weighted by atomic mass is 32.2. The first-order chi connectivity index (χ1) is 9.52. The number of thiazole rings is 1. The van der Waals surface area contributed by atoms with Gasteiger partial charge in [-0.2, -0.15) is 0 Å². The summed E-state index contributed by atoms with van der Waals surface area (Å²) >= 11 is 1.38. The molecule has 2 aromatic rings. The lowest BCUT2D eigenvalue weighted by Crippen LogP contribution is -2.38. The van der Waals surface area contributed by atoms with Gasteiger partial charge in [0.1, 0.15) is 0 Å². The van der Waals surface area contributed by atoms with Crippen LogP contribution in [0.2, 0.25) is 0 Å². The molecule has 0 radical (unpaired) electrons. The predicted molar refractivity (Wildman–Crippen MR) is 78.8 cm³/mol. The van der Waals surface area contributed by atoms with Gasteiger partial charge in [0.05, 0.1) is 21.7 Å². The number of urea groups is 1. The average Bonchev–Trinajstić information content (AvgIpc) is 2.91. The topological polar surface area (TPSA) is 88.2 Å². The molecule has 1 fully saturated rings. The SMILES string of the molecule is O=C(Nc1nc2ccccc2s1)N[C@H]1CCS(=O)(=O)C1. The quantitative estimate of drug-likeness (QED) is 0.882. The fraction of sp³-hybridized carbons (Fsp3) is 0.333. The van der Waals surface area contributed by atoms with Crippen LogP contribution in [0.4, 0.5) is 9.93 Å². The first-order valence-electron chi connectivity index (χ1n) is 6.15. The molecular formula is C12H13N3O3S2. The number of amides is 2. The van der Waals surface area contributed by atoms with Crippen LogP contribution < -0.4 is 10.6 Å². The molecule has 1 aliphatic rings. The maximum absolute atomic E-state index is 11.8. The number of sulfone groups is 1. The van der Waals surface area contributed by atoms with Gasteiger partial charge in [0.15, 0.2) is 15.0 Å². The summed E-state index contributed by atoms with van der Waals surface area (Å²) in [4.78, 5) is 16.1. The van der Waals surface area contributed by atoms with E-state index >= 15 is 0 Å².